The van der Waals surface area contributed by atoms with E-state index >= 15 is 0 Å². The van der Waals surface area contributed by atoms with Gasteiger partial charge in [0.1, 0.15) is 17.0 Å². The van der Waals surface area contributed by atoms with Crippen molar-refractivity contribution in [2.24, 2.45) is 5.92 Å². The summed E-state index contributed by atoms with van der Waals surface area (Å²) in [6.45, 7) is 6.26. The molecule has 27 heavy (non-hydrogen) atoms. The lowest BCUT2D eigenvalue weighted by atomic mass is 9.91. The first-order valence-electron chi connectivity index (χ1n) is 10.1. The zero-order valence-corrected chi connectivity index (χ0v) is 16.8. The number of likely N-dealkylation sites (tertiary alicyclic amines) is 1. The number of benzene rings is 1. The standard InChI is InChI=1S/C21H32N2O4/c1-4-5-7-16-8-12-22(13-9-16)10-6-11-23-20-18(26-3)14-17(25-2)15-19(20)27-21(23)24/h14-16H,4-13H2,1-3H3. The lowest BCUT2D eigenvalue weighted by Gasteiger charge is -2.32. The molecule has 150 valence electrons. The van der Waals surface area contributed by atoms with E-state index in [9.17, 15) is 4.79 Å². The second kappa shape index (κ2) is 9.31. The van der Waals surface area contributed by atoms with Gasteiger partial charge in [-0.2, -0.15) is 0 Å². The number of rotatable bonds is 9. The van der Waals surface area contributed by atoms with Crippen LogP contribution < -0.4 is 15.2 Å². The molecule has 0 radical (unpaired) electrons. The Labute approximate surface area is 161 Å². The third-order valence-corrected chi connectivity index (χ3v) is 5.69. The van der Waals surface area contributed by atoms with Crippen LogP contribution in [0.5, 0.6) is 11.5 Å². The summed E-state index contributed by atoms with van der Waals surface area (Å²) in [6, 6.07) is 3.52. The molecule has 2 aromatic rings. The zero-order chi connectivity index (χ0) is 19.2. The van der Waals surface area contributed by atoms with Crippen LogP contribution in [0, 0.1) is 5.92 Å². The summed E-state index contributed by atoms with van der Waals surface area (Å²) in [6.07, 6.45) is 7.56. The fraction of sp³-hybridized carbons (Fsp3) is 0.667. The fourth-order valence-corrected chi connectivity index (χ4v) is 4.06. The van der Waals surface area contributed by atoms with Crippen LogP contribution in [0.25, 0.3) is 11.1 Å². The molecule has 6 heteroatoms. The highest BCUT2D eigenvalue weighted by molar-refractivity contribution is 5.82. The summed E-state index contributed by atoms with van der Waals surface area (Å²) in [5.74, 6) is 1.79. The van der Waals surface area contributed by atoms with Gasteiger partial charge in [-0.3, -0.25) is 4.57 Å². The van der Waals surface area contributed by atoms with Crippen molar-refractivity contribution in [3.05, 3.63) is 22.7 Å². The van der Waals surface area contributed by atoms with Crippen molar-refractivity contribution < 1.29 is 13.9 Å². The normalized spacial score (nSPS) is 16.1. The van der Waals surface area contributed by atoms with Crippen LogP contribution in [0.4, 0.5) is 0 Å². The number of fused-ring (bicyclic) bond motifs is 1. The number of ether oxygens (including phenoxy) is 2. The minimum absolute atomic E-state index is 0.338. The average molecular weight is 376 g/mol. The van der Waals surface area contributed by atoms with E-state index < -0.39 is 0 Å². The Bertz CT molecular complexity index is 787. The topological polar surface area (TPSA) is 56.8 Å². The highest BCUT2D eigenvalue weighted by Crippen LogP contribution is 2.30. The number of hydrogen-bond donors (Lipinski definition) is 0. The Hall–Kier alpha value is -1.95. The van der Waals surface area contributed by atoms with E-state index in [1.807, 2.05) is 0 Å². The van der Waals surface area contributed by atoms with Gasteiger partial charge < -0.3 is 18.8 Å². The van der Waals surface area contributed by atoms with Crippen LogP contribution in [-0.2, 0) is 6.54 Å². The summed E-state index contributed by atoms with van der Waals surface area (Å²) < 4.78 is 17.8. The molecule has 0 bridgehead atoms. The molecule has 0 atom stereocenters. The number of hydrogen-bond acceptors (Lipinski definition) is 5. The van der Waals surface area contributed by atoms with Gasteiger partial charge in [0.15, 0.2) is 5.58 Å². The number of piperidine rings is 1. The molecule has 0 aliphatic carbocycles. The Morgan fingerprint density at radius 2 is 1.89 bits per heavy atom. The number of unbranched alkanes of at least 4 members (excludes halogenated alkanes) is 1. The molecular formula is C21H32N2O4. The van der Waals surface area contributed by atoms with E-state index in [1.54, 1.807) is 30.9 Å². The van der Waals surface area contributed by atoms with E-state index in [0.29, 0.717) is 29.1 Å². The predicted octanol–water partition coefficient (Wildman–Crippen LogP) is 3.90. The molecule has 1 aliphatic rings. The second-order valence-corrected chi connectivity index (χ2v) is 7.48. The molecule has 3 rings (SSSR count). The van der Waals surface area contributed by atoms with Crippen molar-refractivity contribution in [3.63, 3.8) is 0 Å². The summed E-state index contributed by atoms with van der Waals surface area (Å²) in [7, 11) is 3.18. The van der Waals surface area contributed by atoms with Crippen molar-refractivity contribution in [2.45, 2.75) is 52.0 Å². The monoisotopic (exact) mass is 376 g/mol. The summed E-state index contributed by atoms with van der Waals surface area (Å²) in [5.41, 5.74) is 1.22. The molecular weight excluding hydrogens is 344 g/mol. The first kappa shape index (κ1) is 19.8. The Morgan fingerprint density at radius 1 is 1.11 bits per heavy atom. The zero-order valence-electron chi connectivity index (χ0n) is 16.8. The first-order valence-corrected chi connectivity index (χ1v) is 10.1. The number of aromatic nitrogens is 1. The van der Waals surface area contributed by atoms with Gasteiger partial charge >= 0.3 is 5.76 Å². The van der Waals surface area contributed by atoms with E-state index in [-0.39, 0.29) is 5.76 Å². The third kappa shape index (κ3) is 4.67. The molecule has 0 amide bonds. The lowest BCUT2D eigenvalue weighted by Crippen LogP contribution is -2.35. The van der Waals surface area contributed by atoms with Crippen LogP contribution in [0.3, 0.4) is 0 Å². The molecule has 0 N–H and O–H groups in total. The van der Waals surface area contributed by atoms with Gasteiger partial charge in [0.2, 0.25) is 0 Å². The average Bonchev–Trinajstić information content (AvgIpc) is 3.01. The highest BCUT2D eigenvalue weighted by Gasteiger charge is 2.19. The van der Waals surface area contributed by atoms with Crippen molar-refractivity contribution in [1.82, 2.24) is 9.47 Å². The van der Waals surface area contributed by atoms with Crippen molar-refractivity contribution in [1.29, 1.82) is 0 Å². The van der Waals surface area contributed by atoms with Crippen LogP contribution in [0.1, 0.15) is 45.4 Å². The van der Waals surface area contributed by atoms with Gasteiger partial charge in [-0.1, -0.05) is 26.2 Å². The largest absolute Gasteiger partial charge is 0.496 e. The third-order valence-electron chi connectivity index (χ3n) is 5.69. The summed E-state index contributed by atoms with van der Waals surface area (Å²) in [4.78, 5) is 14.8. The molecule has 1 fully saturated rings. The number of methoxy groups -OCH3 is 2. The molecule has 1 aliphatic heterocycles. The maximum Gasteiger partial charge on any atom is 0.420 e. The van der Waals surface area contributed by atoms with E-state index in [2.05, 4.69) is 11.8 Å². The number of aryl methyl sites for hydroxylation is 1. The van der Waals surface area contributed by atoms with Crippen LogP contribution in [-0.4, -0.2) is 43.3 Å². The molecule has 2 heterocycles. The van der Waals surface area contributed by atoms with Gasteiger partial charge in [0.05, 0.1) is 14.2 Å². The van der Waals surface area contributed by atoms with Crippen LogP contribution in [0.15, 0.2) is 21.3 Å². The molecule has 6 nitrogen and oxygen atoms in total. The highest BCUT2D eigenvalue weighted by atomic mass is 16.5. The Balaban J connectivity index is 1.59. The maximum atomic E-state index is 12.3. The quantitative estimate of drug-likeness (QED) is 0.664. The van der Waals surface area contributed by atoms with Crippen LogP contribution in [0.2, 0.25) is 0 Å². The van der Waals surface area contributed by atoms with E-state index in [1.165, 1.54) is 45.2 Å². The molecule has 0 spiro atoms. The van der Waals surface area contributed by atoms with Crippen molar-refractivity contribution >= 4 is 11.1 Å². The van der Waals surface area contributed by atoms with Gasteiger partial charge in [0.25, 0.3) is 0 Å². The minimum Gasteiger partial charge on any atom is -0.496 e. The van der Waals surface area contributed by atoms with Crippen molar-refractivity contribution in [3.8, 4) is 11.5 Å². The molecule has 1 saturated heterocycles. The first-order chi connectivity index (χ1) is 13.2. The minimum atomic E-state index is -0.338. The summed E-state index contributed by atoms with van der Waals surface area (Å²) in [5, 5.41) is 0. The number of nitrogens with zero attached hydrogens (tertiary/aromatic N) is 2. The Morgan fingerprint density at radius 3 is 2.56 bits per heavy atom. The second-order valence-electron chi connectivity index (χ2n) is 7.48. The molecule has 0 saturated carbocycles. The van der Waals surface area contributed by atoms with Crippen LogP contribution >= 0.6 is 0 Å². The lowest BCUT2D eigenvalue weighted by molar-refractivity contribution is 0.173. The SMILES string of the molecule is CCCCC1CCN(CCCn2c(=O)oc3cc(OC)cc(OC)c32)CC1. The number of oxazole rings is 1. The van der Waals surface area contributed by atoms with Gasteiger partial charge in [0, 0.05) is 18.7 Å². The van der Waals surface area contributed by atoms with Gasteiger partial charge in [-0.05, 0) is 44.8 Å². The predicted molar refractivity (Wildman–Crippen MR) is 107 cm³/mol. The van der Waals surface area contributed by atoms with E-state index in [0.717, 1.165) is 18.9 Å². The molecule has 1 aromatic carbocycles. The van der Waals surface area contributed by atoms with Gasteiger partial charge in [-0.25, -0.2) is 4.79 Å². The maximum absolute atomic E-state index is 12.3. The molecule has 0 unspecified atom stereocenters. The Kier molecular flexibility index (Phi) is 6.83. The van der Waals surface area contributed by atoms with E-state index in [4.69, 9.17) is 13.9 Å². The fourth-order valence-electron chi connectivity index (χ4n) is 4.06. The summed E-state index contributed by atoms with van der Waals surface area (Å²) >= 11 is 0. The van der Waals surface area contributed by atoms with Gasteiger partial charge in [-0.15, -0.1) is 0 Å². The van der Waals surface area contributed by atoms with Crippen molar-refractivity contribution in [2.75, 3.05) is 33.9 Å². The molecule has 1 aromatic heterocycles. The smallest absolute Gasteiger partial charge is 0.420 e.